The molecule has 27 heavy (non-hydrogen) atoms. The largest absolute Gasteiger partial charge is 0.466 e. The van der Waals surface area contributed by atoms with Gasteiger partial charge in [0.1, 0.15) is 0 Å². The molecule has 0 aromatic rings. The van der Waals surface area contributed by atoms with Crippen molar-refractivity contribution in [2.75, 3.05) is 0 Å². The summed E-state index contributed by atoms with van der Waals surface area (Å²) in [6.07, 6.45) is 29.4. The molecule has 0 saturated heterocycles. The smallest absolute Gasteiger partial charge is 0.303 e. The Labute approximate surface area is 169 Å². The van der Waals surface area contributed by atoms with Crippen LogP contribution in [-0.2, 0) is 4.57 Å². The number of unbranched alkanes of at least 4 members (excludes halogenated alkanes) is 19. The van der Waals surface area contributed by atoms with E-state index < -0.39 is 7.82 Å². The van der Waals surface area contributed by atoms with Crippen LogP contribution in [0.1, 0.15) is 142 Å². The van der Waals surface area contributed by atoms with Crippen molar-refractivity contribution in [3.05, 3.63) is 0 Å². The molecule has 0 atom stereocenters. The monoisotopic (exact) mass is 408 g/mol. The molecule has 0 fully saturated rings. The maximum Gasteiger partial charge on any atom is 0.466 e. The quantitative estimate of drug-likeness (QED) is 0.150. The third-order valence-corrected chi connectivity index (χ3v) is 4.96. The zero-order chi connectivity index (χ0) is 20.6. The van der Waals surface area contributed by atoms with Gasteiger partial charge < -0.3 is 14.7 Å². The Morgan fingerprint density at radius 2 is 0.519 bits per heavy atom. The van der Waals surface area contributed by atoms with Crippen molar-refractivity contribution in [1.82, 2.24) is 0 Å². The fourth-order valence-corrected chi connectivity index (χ4v) is 3.33. The second-order valence-electron chi connectivity index (χ2n) is 7.88. The lowest BCUT2D eigenvalue weighted by Crippen LogP contribution is -1.84. The van der Waals surface area contributed by atoms with Crippen molar-refractivity contribution in [2.24, 2.45) is 0 Å². The van der Waals surface area contributed by atoms with Crippen molar-refractivity contribution in [1.29, 1.82) is 0 Å². The van der Waals surface area contributed by atoms with Crippen molar-refractivity contribution < 1.29 is 19.2 Å². The number of phosphoric acid groups is 1. The molecule has 0 aliphatic heterocycles. The molecule has 0 radical (unpaired) electrons. The molecular formula is C22H49O4P. The average Bonchev–Trinajstić information content (AvgIpc) is 2.59. The summed E-state index contributed by atoms with van der Waals surface area (Å²) in [5.41, 5.74) is 0. The topological polar surface area (TPSA) is 77.8 Å². The van der Waals surface area contributed by atoms with E-state index in [1.165, 1.54) is 128 Å². The van der Waals surface area contributed by atoms with Crippen molar-refractivity contribution >= 4 is 7.82 Å². The van der Waals surface area contributed by atoms with Gasteiger partial charge in [0.2, 0.25) is 0 Å². The lowest BCUT2D eigenvalue weighted by Gasteiger charge is -2.03. The molecule has 5 heteroatoms. The molecule has 0 spiro atoms. The van der Waals surface area contributed by atoms with Gasteiger partial charge in [-0.25, -0.2) is 4.57 Å². The van der Waals surface area contributed by atoms with Gasteiger partial charge in [0.15, 0.2) is 0 Å². The molecule has 0 aromatic heterocycles. The van der Waals surface area contributed by atoms with Crippen LogP contribution in [0.3, 0.4) is 0 Å². The van der Waals surface area contributed by atoms with Crippen LogP contribution in [0.25, 0.3) is 0 Å². The average molecular weight is 409 g/mol. The normalized spacial score (nSPS) is 11.3. The summed E-state index contributed by atoms with van der Waals surface area (Å²) in [6.45, 7) is 4.60. The van der Waals surface area contributed by atoms with E-state index in [0.717, 1.165) is 0 Å². The third kappa shape index (κ3) is 41.6. The number of hydrogen-bond donors (Lipinski definition) is 3. The van der Waals surface area contributed by atoms with Gasteiger partial charge >= 0.3 is 7.82 Å². The molecule has 0 bridgehead atoms. The molecule has 0 aliphatic carbocycles. The second kappa shape index (κ2) is 24.1. The van der Waals surface area contributed by atoms with Crippen LogP contribution in [0.15, 0.2) is 0 Å². The first kappa shape index (κ1) is 29.3. The summed E-state index contributed by atoms with van der Waals surface area (Å²) in [5.74, 6) is 0. The Morgan fingerprint density at radius 1 is 0.407 bits per heavy atom. The van der Waals surface area contributed by atoms with Gasteiger partial charge in [-0.15, -0.1) is 0 Å². The lowest BCUT2D eigenvalue weighted by molar-refractivity contribution is 0.275. The third-order valence-electron chi connectivity index (χ3n) is 4.96. The van der Waals surface area contributed by atoms with Gasteiger partial charge in [0.25, 0.3) is 0 Å². The number of hydrogen-bond acceptors (Lipinski definition) is 1. The highest BCUT2D eigenvalue weighted by molar-refractivity contribution is 7.45. The molecule has 4 nitrogen and oxygen atoms in total. The lowest BCUT2D eigenvalue weighted by atomic mass is 10.0. The fraction of sp³-hybridized carbons (Fsp3) is 1.00. The molecule has 166 valence electrons. The van der Waals surface area contributed by atoms with Crippen LogP contribution < -0.4 is 0 Å². The van der Waals surface area contributed by atoms with E-state index in [9.17, 15) is 0 Å². The first-order valence-corrected chi connectivity index (χ1v) is 13.3. The van der Waals surface area contributed by atoms with Gasteiger partial charge in [0.05, 0.1) is 0 Å². The highest BCUT2D eigenvalue weighted by atomic mass is 31.2. The standard InChI is InChI=1S/C22H46.H3O4P/c1-3-5-7-9-11-13-15-17-19-21-22-20-18-16-14-12-10-8-6-4-2;1-5(2,3)4/h3-22H2,1-2H3;(H3,1,2,3,4). The molecule has 0 rings (SSSR count). The second-order valence-corrected chi connectivity index (χ2v) is 8.90. The van der Waals surface area contributed by atoms with Crippen LogP contribution in [0.5, 0.6) is 0 Å². The SMILES string of the molecule is CCCCCCCCCCCCCCCCCCCCCC.O=P(O)(O)O. The maximum atomic E-state index is 8.88. The summed E-state index contributed by atoms with van der Waals surface area (Å²) in [4.78, 5) is 21.6. The Bertz CT molecular complexity index is 276. The Hall–Kier alpha value is 0.110. The summed E-state index contributed by atoms with van der Waals surface area (Å²) in [7, 11) is -4.64. The van der Waals surface area contributed by atoms with E-state index in [1.807, 2.05) is 0 Å². The predicted octanol–water partition coefficient (Wildman–Crippen LogP) is 7.90. The van der Waals surface area contributed by atoms with Crippen LogP contribution in [0.2, 0.25) is 0 Å². The van der Waals surface area contributed by atoms with Crippen LogP contribution in [0, 0.1) is 0 Å². The minimum atomic E-state index is -4.64. The molecule has 3 N–H and O–H groups in total. The zero-order valence-corrected chi connectivity index (χ0v) is 19.2. The van der Waals surface area contributed by atoms with E-state index in [-0.39, 0.29) is 0 Å². The Kier molecular flexibility index (Phi) is 26.2. The molecule has 0 aromatic carbocycles. The highest BCUT2D eigenvalue weighted by Crippen LogP contribution is 2.25. The minimum Gasteiger partial charge on any atom is -0.303 e. The van der Waals surface area contributed by atoms with E-state index in [0.29, 0.717) is 0 Å². The van der Waals surface area contributed by atoms with E-state index in [1.54, 1.807) is 0 Å². The molecule has 0 aliphatic rings. The summed E-state index contributed by atoms with van der Waals surface area (Å²) >= 11 is 0. The van der Waals surface area contributed by atoms with Crippen LogP contribution in [-0.4, -0.2) is 14.7 Å². The zero-order valence-electron chi connectivity index (χ0n) is 18.3. The van der Waals surface area contributed by atoms with Crippen molar-refractivity contribution in [2.45, 2.75) is 142 Å². The van der Waals surface area contributed by atoms with Crippen LogP contribution >= 0.6 is 7.82 Å². The minimum absolute atomic E-state index is 1.37. The Balaban J connectivity index is 0. The molecule has 0 heterocycles. The van der Waals surface area contributed by atoms with Crippen molar-refractivity contribution in [3.63, 3.8) is 0 Å². The van der Waals surface area contributed by atoms with Crippen LogP contribution in [0.4, 0.5) is 0 Å². The van der Waals surface area contributed by atoms with Crippen molar-refractivity contribution in [3.8, 4) is 0 Å². The molecule has 0 amide bonds. The summed E-state index contributed by atoms with van der Waals surface area (Å²) in [5, 5.41) is 0. The molecular weight excluding hydrogens is 359 g/mol. The van der Waals surface area contributed by atoms with Gasteiger partial charge in [0, 0.05) is 0 Å². The summed E-state index contributed by atoms with van der Waals surface area (Å²) in [6, 6.07) is 0. The Morgan fingerprint density at radius 3 is 0.630 bits per heavy atom. The van der Waals surface area contributed by atoms with Gasteiger partial charge in [-0.05, 0) is 0 Å². The fourth-order valence-electron chi connectivity index (χ4n) is 3.33. The molecule has 0 saturated carbocycles. The first-order chi connectivity index (χ1) is 12.9. The van der Waals surface area contributed by atoms with Gasteiger partial charge in [-0.2, -0.15) is 0 Å². The predicted molar refractivity (Wildman–Crippen MR) is 118 cm³/mol. The first-order valence-electron chi connectivity index (χ1n) is 11.7. The van der Waals surface area contributed by atoms with E-state index in [2.05, 4.69) is 13.8 Å². The maximum absolute atomic E-state index is 8.88. The highest BCUT2D eigenvalue weighted by Gasteiger charge is 2.00. The van der Waals surface area contributed by atoms with E-state index >= 15 is 0 Å². The van der Waals surface area contributed by atoms with Gasteiger partial charge in [-0.1, -0.05) is 142 Å². The van der Waals surface area contributed by atoms with Gasteiger partial charge in [-0.3, -0.25) is 0 Å². The van der Waals surface area contributed by atoms with E-state index in [4.69, 9.17) is 19.2 Å². The summed E-state index contributed by atoms with van der Waals surface area (Å²) < 4.78 is 8.88. The molecule has 0 unspecified atom stereocenters. The number of rotatable bonds is 19.